The first-order chi connectivity index (χ1) is 2.77. The third kappa shape index (κ3) is 3.66. The van der Waals surface area contributed by atoms with Crippen LogP contribution in [0.3, 0.4) is 0 Å². The van der Waals surface area contributed by atoms with Gasteiger partial charge in [-0.1, -0.05) is 6.08 Å². The Bertz CT molecular complexity index is 42.8. The van der Waals surface area contributed by atoms with Crippen molar-refractivity contribution in [1.82, 2.24) is 5.06 Å². The van der Waals surface area contributed by atoms with E-state index in [1.54, 1.807) is 13.1 Å². The summed E-state index contributed by atoms with van der Waals surface area (Å²) in [5.74, 6) is 0. The van der Waals surface area contributed by atoms with Gasteiger partial charge in [-0.15, -0.1) is 6.58 Å². The molecule has 0 aliphatic heterocycles. The zero-order valence-electron chi connectivity index (χ0n) is 3.89. The zero-order valence-corrected chi connectivity index (χ0v) is 3.89. The third-order valence-corrected chi connectivity index (χ3v) is 0.393. The van der Waals surface area contributed by atoms with Crippen LogP contribution in [0.25, 0.3) is 0 Å². The largest absolute Gasteiger partial charge is 0.314 e. The molecule has 36 valence electrons. The van der Waals surface area contributed by atoms with E-state index in [4.69, 9.17) is 5.21 Å². The number of likely N-dealkylation sites (N-methyl/N-ethyl adjacent to an activating group) is 1. The minimum absolute atomic E-state index is 0.528. The zero-order chi connectivity index (χ0) is 4.99. The van der Waals surface area contributed by atoms with Crippen molar-refractivity contribution in [3.05, 3.63) is 12.7 Å². The molecule has 6 heavy (non-hydrogen) atoms. The molecule has 2 nitrogen and oxygen atoms in total. The third-order valence-electron chi connectivity index (χ3n) is 0.393. The van der Waals surface area contributed by atoms with Crippen molar-refractivity contribution >= 4 is 0 Å². The van der Waals surface area contributed by atoms with Gasteiger partial charge in [0.25, 0.3) is 0 Å². The van der Waals surface area contributed by atoms with Gasteiger partial charge >= 0.3 is 0 Å². The van der Waals surface area contributed by atoms with Crippen molar-refractivity contribution in [2.45, 2.75) is 0 Å². The average Bonchev–Trinajstić information content (AvgIpc) is 1.35. The maximum atomic E-state index is 8.31. The number of hydroxylamine groups is 2. The number of hydrogen-bond donors (Lipinski definition) is 1. The molecule has 0 aromatic heterocycles. The van der Waals surface area contributed by atoms with Crippen LogP contribution in [0.1, 0.15) is 0 Å². The molecular weight excluding hydrogens is 78.0 g/mol. The fraction of sp³-hybridized carbons (Fsp3) is 0.500. The molecule has 0 saturated heterocycles. The van der Waals surface area contributed by atoms with Crippen molar-refractivity contribution in [3.63, 3.8) is 0 Å². The van der Waals surface area contributed by atoms with E-state index in [1.807, 2.05) is 0 Å². The summed E-state index contributed by atoms with van der Waals surface area (Å²) in [4.78, 5) is 0. The van der Waals surface area contributed by atoms with Crippen molar-refractivity contribution in [1.29, 1.82) is 0 Å². The summed E-state index contributed by atoms with van der Waals surface area (Å²) in [6.07, 6.45) is 1.62. The Morgan fingerprint density at radius 2 is 2.50 bits per heavy atom. The average molecular weight is 87.1 g/mol. The van der Waals surface area contributed by atoms with E-state index >= 15 is 0 Å². The fourth-order valence-electron chi connectivity index (χ4n) is 0.187. The Morgan fingerprint density at radius 3 is 2.50 bits per heavy atom. The van der Waals surface area contributed by atoms with Crippen molar-refractivity contribution < 1.29 is 5.21 Å². The molecule has 0 fully saturated rings. The number of nitrogens with zero attached hydrogens (tertiary/aromatic N) is 1. The normalized spacial score (nSPS) is 9.17. The lowest BCUT2D eigenvalue weighted by atomic mass is 10.6. The molecule has 0 heterocycles. The highest BCUT2D eigenvalue weighted by molar-refractivity contribution is 4.66. The van der Waals surface area contributed by atoms with E-state index < -0.39 is 0 Å². The van der Waals surface area contributed by atoms with E-state index in [-0.39, 0.29) is 0 Å². The summed E-state index contributed by atoms with van der Waals surface area (Å²) < 4.78 is 0. The molecule has 0 saturated carbocycles. The summed E-state index contributed by atoms with van der Waals surface area (Å²) in [6, 6.07) is 0. The second-order valence-corrected chi connectivity index (χ2v) is 1.13. The molecule has 0 bridgehead atoms. The summed E-state index contributed by atoms with van der Waals surface area (Å²) in [6.45, 7) is 3.93. The van der Waals surface area contributed by atoms with Gasteiger partial charge in [0, 0.05) is 13.6 Å². The SMILES string of the molecule is C=CCN(C)O. The van der Waals surface area contributed by atoms with Crippen LogP contribution in [0.4, 0.5) is 0 Å². The number of hydrogen-bond acceptors (Lipinski definition) is 2. The molecule has 0 radical (unpaired) electrons. The lowest BCUT2D eigenvalue weighted by molar-refractivity contribution is -0.0533. The maximum Gasteiger partial charge on any atom is 0.0413 e. The van der Waals surface area contributed by atoms with Gasteiger partial charge in [0.05, 0.1) is 0 Å². The van der Waals surface area contributed by atoms with Crippen LogP contribution < -0.4 is 0 Å². The van der Waals surface area contributed by atoms with Gasteiger partial charge in [-0.2, -0.15) is 5.06 Å². The molecule has 0 aromatic carbocycles. The first-order valence-corrected chi connectivity index (χ1v) is 1.78. The highest BCUT2D eigenvalue weighted by Crippen LogP contribution is 1.68. The Morgan fingerprint density at radius 1 is 2.00 bits per heavy atom. The quantitative estimate of drug-likeness (QED) is 0.391. The Kier molecular flexibility index (Phi) is 2.71. The predicted octanol–water partition coefficient (Wildman–Crippen LogP) is 0.493. The molecule has 0 aliphatic rings. The second-order valence-electron chi connectivity index (χ2n) is 1.13. The van der Waals surface area contributed by atoms with Crippen LogP contribution in [-0.4, -0.2) is 23.9 Å². The van der Waals surface area contributed by atoms with Crippen LogP contribution >= 0.6 is 0 Å². The standard InChI is InChI=1S/C4H9NO/c1-3-4-5(2)6/h3,6H,1,4H2,2H3. The van der Waals surface area contributed by atoms with E-state index in [0.29, 0.717) is 6.54 Å². The van der Waals surface area contributed by atoms with Gasteiger partial charge in [0.1, 0.15) is 0 Å². The molecule has 2 heteroatoms. The van der Waals surface area contributed by atoms with E-state index in [2.05, 4.69) is 6.58 Å². The van der Waals surface area contributed by atoms with Gasteiger partial charge < -0.3 is 5.21 Å². The molecule has 0 aliphatic carbocycles. The molecule has 0 rings (SSSR count). The van der Waals surface area contributed by atoms with Crippen LogP contribution in [0.15, 0.2) is 12.7 Å². The van der Waals surface area contributed by atoms with Crippen molar-refractivity contribution in [3.8, 4) is 0 Å². The van der Waals surface area contributed by atoms with Gasteiger partial charge in [-0.05, 0) is 0 Å². The monoisotopic (exact) mass is 87.1 g/mol. The van der Waals surface area contributed by atoms with E-state index in [9.17, 15) is 0 Å². The Labute approximate surface area is 37.7 Å². The Hall–Kier alpha value is -0.340. The fourth-order valence-corrected chi connectivity index (χ4v) is 0.187. The van der Waals surface area contributed by atoms with Gasteiger partial charge in [0.15, 0.2) is 0 Å². The minimum Gasteiger partial charge on any atom is -0.314 e. The topological polar surface area (TPSA) is 23.5 Å². The summed E-state index contributed by atoms with van der Waals surface area (Å²) in [5.41, 5.74) is 0. The highest BCUT2D eigenvalue weighted by Gasteiger charge is 1.77. The molecule has 0 spiro atoms. The van der Waals surface area contributed by atoms with Crippen LogP contribution in [0.2, 0.25) is 0 Å². The van der Waals surface area contributed by atoms with Crippen molar-refractivity contribution in [2.75, 3.05) is 13.6 Å². The van der Waals surface area contributed by atoms with Crippen molar-refractivity contribution in [2.24, 2.45) is 0 Å². The molecular formula is C4H9NO. The van der Waals surface area contributed by atoms with Crippen LogP contribution in [-0.2, 0) is 0 Å². The first kappa shape index (κ1) is 5.66. The van der Waals surface area contributed by atoms with Crippen LogP contribution in [0.5, 0.6) is 0 Å². The lowest BCUT2D eigenvalue weighted by Gasteiger charge is -1.99. The summed E-state index contributed by atoms with van der Waals surface area (Å²) >= 11 is 0. The summed E-state index contributed by atoms with van der Waals surface area (Å²) in [7, 11) is 1.57. The molecule has 1 N–H and O–H groups in total. The maximum absolute atomic E-state index is 8.31. The molecule has 0 unspecified atom stereocenters. The van der Waals surface area contributed by atoms with E-state index in [1.165, 1.54) is 0 Å². The second kappa shape index (κ2) is 2.87. The molecule has 0 amide bonds. The Balaban J connectivity index is 2.81. The van der Waals surface area contributed by atoms with Gasteiger partial charge in [-0.25, -0.2) is 0 Å². The van der Waals surface area contributed by atoms with Gasteiger partial charge in [-0.3, -0.25) is 0 Å². The van der Waals surface area contributed by atoms with Crippen LogP contribution in [0, 0.1) is 0 Å². The minimum atomic E-state index is 0.528. The van der Waals surface area contributed by atoms with Gasteiger partial charge in [0.2, 0.25) is 0 Å². The summed E-state index contributed by atoms with van der Waals surface area (Å²) in [5, 5.41) is 9.38. The molecule has 0 aromatic rings. The van der Waals surface area contributed by atoms with E-state index in [0.717, 1.165) is 5.06 Å². The predicted molar refractivity (Wildman–Crippen MR) is 24.6 cm³/mol. The number of rotatable bonds is 2. The smallest absolute Gasteiger partial charge is 0.0413 e. The molecule has 0 atom stereocenters. The lowest BCUT2D eigenvalue weighted by Crippen LogP contribution is -2.10. The highest BCUT2D eigenvalue weighted by atomic mass is 16.5. The first-order valence-electron chi connectivity index (χ1n) is 1.78.